The molecular weight excluding hydrogens is 631 g/mol. The van der Waals surface area contributed by atoms with Crippen LogP contribution in [0.15, 0.2) is 47.5 Å². The first-order valence-corrected chi connectivity index (χ1v) is 16.4. The molecule has 0 spiro atoms. The lowest BCUT2D eigenvalue weighted by atomic mass is 9.96. The smallest absolute Gasteiger partial charge is 0.395 e. The van der Waals surface area contributed by atoms with E-state index in [0.717, 1.165) is 24.6 Å². The van der Waals surface area contributed by atoms with E-state index < -0.39 is 44.2 Å². The van der Waals surface area contributed by atoms with E-state index in [9.17, 15) is 19.9 Å². The van der Waals surface area contributed by atoms with Crippen LogP contribution in [0.4, 0.5) is 5.95 Å². The highest BCUT2D eigenvalue weighted by atomic mass is 31.1. The van der Waals surface area contributed by atoms with Gasteiger partial charge in [-0.2, -0.15) is 9.97 Å². The number of imidazole rings is 1. The van der Waals surface area contributed by atoms with Crippen LogP contribution in [-0.4, -0.2) is 79.4 Å². The molecule has 0 amide bonds. The predicted octanol–water partition coefficient (Wildman–Crippen LogP) is 3.01. The van der Waals surface area contributed by atoms with Gasteiger partial charge in [0.25, 0.3) is 0 Å². The van der Waals surface area contributed by atoms with E-state index in [2.05, 4.69) is 19.7 Å². The molecule has 0 bridgehead atoms. The first-order chi connectivity index (χ1) is 22.5. The topological polar surface area (TPSA) is 209 Å². The van der Waals surface area contributed by atoms with Crippen LogP contribution in [0, 0.1) is 5.92 Å². The molecule has 1 aliphatic heterocycles. The summed E-state index contributed by atoms with van der Waals surface area (Å²) >= 11 is 0. The average Bonchev–Trinajstić information content (AvgIpc) is 3.53. The number of esters is 1. The number of carbonyl (C=O) groups is 1. The standard InChI is InChI=1S/C31H37N6O9P/c1-16(2)22(28(39)44-18-9-7-10-18)36-47(41)46-24-19-11-6-5-8-17(19)12-13-20(24)43-14-21-25(38)31(3,40)29(45-21)37-15-33-23-26(37)34-30(32)35-27(23)42-4/h5-6,8,11-13,15-16,18,21-22,25,29,38,40H,7,9-10,14H2,1-4H3,(H2,32,34,35)/t21-,22+,25-,29?,31-/m1/s1. The summed E-state index contributed by atoms with van der Waals surface area (Å²) in [5.41, 5.74) is 4.58. The van der Waals surface area contributed by atoms with E-state index in [4.69, 9.17) is 29.2 Å². The number of nitrogens with two attached hydrogens (primary N) is 1. The lowest BCUT2D eigenvalue weighted by molar-refractivity contribution is -0.170. The summed E-state index contributed by atoms with van der Waals surface area (Å²) < 4.78 is 34.5. The van der Waals surface area contributed by atoms with Gasteiger partial charge in [0, 0.05) is 5.39 Å². The number of nitrogens with zero attached hydrogens (tertiary/aromatic N) is 5. The summed E-state index contributed by atoms with van der Waals surface area (Å²) in [6.45, 7) is 4.79. The Hall–Kier alpha value is -4.14. The number of ether oxygens (including phenoxy) is 4. The van der Waals surface area contributed by atoms with Crippen molar-refractivity contribution in [3.8, 4) is 17.4 Å². The monoisotopic (exact) mass is 668 g/mol. The van der Waals surface area contributed by atoms with Crippen molar-refractivity contribution in [2.75, 3.05) is 19.5 Å². The fourth-order valence-electron chi connectivity index (χ4n) is 5.58. The van der Waals surface area contributed by atoms with Gasteiger partial charge in [0.05, 0.1) is 13.4 Å². The van der Waals surface area contributed by atoms with Gasteiger partial charge in [0.2, 0.25) is 17.6 Å². The SMILES string of the molecule is COc1nc(N)nc2c1ncn2C1O[C@H](COc2ccc3ccccc3c2O[P+]([O-])=N[C@H](C(=O)OC2CCC2)C(C)C)[C@@H](O)[C@@]1(C)O. The minimum absolute atomic E-state index is 0.0713. The van der Waals surface area contributed by atoms with Crippen molar-refractivity contribution in [2.24, 2.45) is 10.7 Å². The van der Waals surface area contributed by atoms with Crippen LogP contribution < -0.4 is 24.6 Å². The van der Waals surface area contributed by atoms with Crippen LogP contribution in [0.25, 0.3) is 21.9 Å². The number of benzene rings is 2. The molecule has 6 rings (SSSR count). The Morgan fingerprint density at radius 1 is 1.26 bits per heavy atom. The molecule has 47 heavy (non-hydrogen) atoms. The molecular formula is C31H37N6O9P. The van der Waals surface area contributed by atoms with E-state index in [-0.39, 0.29) is 47.6 Å². The minimum Gasteiger partial charge on any atom is -0.575 e. The first kappa shape index (κ1) is 32.8. The van der Waals surface area contributed by atoms with Gasteiger partial charge in [-0.1, -0.05) is 48.9 Å². The number of aromatic nitrogens is 4. The van der Waals surface area contributed by atoms with Crippen LogP contribution >= 0.6 is 8.17 Å². The van der Waals surface area contributed by atoms with Crippen molar-refractivity contribution in [2.45, 2.75) is 76.2 Å². The van der Waals surface area contributed by atoms with Gasteiger partial charge in [0.1, 0.15) is 30.5 Å². The molecule has 2 aliphatic rings. The van der Waals surface area contributed by atoms with Crippen molar-refractivity contribution in [1.29, 1.82) is 0 Å². The third kappa shape index (κ3) is 6.41. The summed E-state index contributed by atoms with van der Waals surface area (Å²) in [6, 6.07) is 9.74. The Balaban J connectivity index is 1.24. The van der Waals surface area contributed by atoms with E-state index in [0.29, 0.717) is 10.9 Å². The van der Waals surface area contributed by atoms with Gasteiger partial charge in [-0.05, 0) is 43.6 Å². The number of fused-ring (bicyclic) bond motifs is 2. The summed E-state index contributed by atoms with van der Waals surface area (Å²) in [7, 11) is -1.31. The molecule has 15 nitrogen and oxygen atoms in total. The van der Waals surface area contributed by atoms with Crippen LogP contribution in [0.1, 0.15) is 46.3 Å². The predicted molar refractivity (Wildman–Crippen MR) is 169 cm³/mol. The maximum Gasteiger partial charge on any atom is 0.395 e. The van der Waals surface area contributed by atoms with Gasteiger partial charge in [-0.25, -0.2) is 9.78 Å². The van der Waals surface area contributed by atoms with Crippen molar-refractivity contribution < 1.29 is 43.4 Å². The van der Waals surface area contributed by atoms with Crippen molar-refractivity contribution in [3.05, 3.63) is 42.7 Å². The zero-order chi connectivity index (χ0) is 33.5. The molecule has 2 unspecified atom stereocenters. The first-order valence-electron chi connectivity index (χ1n) is 15.3. The zero-order valence-corrected chi connectivity index (χ0v) is 27.2. The Bertz CT molecular complexity index is 1810. The number of rotatable bonds is 11. The molecule has 2 aromatic heterocycles. The number of aliphatic hydroxyl groups is 2. The largest absolute Gasteiger partial charge is 0.575 e. The molecule has 1 saturated carbocycles. The molecule has 2 fully saturated rings. The number of nitrogen functional groups attached to an aromatic ring is 1. The second-order valence-electron chi connectivity index (χ2n) is 12.2. The van der Waals surface area contributed by atoms with Crippen molar-refractivity contribution >= 4 is 42.0 Å². The molecule has 1 saturated heterocycles. The van der Waals surface area contributed by atoms with Crippen LogP contribution in [0.3, 0.4) is 0 Å². The Morgan fingerprint density at radius 3 is 2.72 bits per heavy atom. The number of aliphatic hydroxyl groups excluding tert-OH is 1. The van der Waals surface area contributed by atoms with E-state index in [1.165, 1.54) is 24.9 Å². The molecule has 250 valence electrons. The van der Waals surface area contributed by atoms with Crippen LogP contribution in [-0.2, 0) is 14.3 Å². The maximum atomic E-state index is 13.3. The van der Waals surface area contributed by atoms with Gasteiger partial charge < -0.3 is 39.8 Å². The Labute approximate surface area is 271 Å². The number of hydrogen-bond donors (Lipinski definition) is 3. The fourth-order valence-corrected chi connectivity index (χ4v) is 6.54. The molecule has 2 aromatic carbocycles. The van der Waals surface area contributed by atoms with Crippen LogP contribution in [0.2, 0.25) is 0 Å². The summed E-state index contributed by atoms with van der Waals surface area (Å²) in [5.74, 6) is -0.396. The second-order valence-corrected chi connectivity index (χ2v) is 13.1. The third-order valence-electron chi connectivity index (χ3n) is 8.45. The van der Waals surface area contributed by atoms with E-state index >= 15 is 0 Å². The molecule has 16 heteroatoms. The number of carbonyl (C=O) groups excluding carboxylic acids is 1. The van der Waals surface area contributed by atoms with Crippen LogP contribution in [0.5, 0.6) is 17.4 Å². The maximum absolute atomic E-state index is 13.3. The molecule has 4 N–H and O–H groups in total. The van der Waals surface area contributed by atoms with Gasteiger partial charge in [0.15, 0.2) is 29.2 Å². The Morgan fingerprint density at radius 2 is 2.02 bits per heavy atom. The normalized spacial score (nSPS) is 24.0. The van der Waals surface area contributed by atoms with Crippen molar-refractivity contribution in [3.63, 3.8) is 0 Å². The highest BCUT2D eigenvalue weighted by Gasteiger charge is 2.54. The van der Waals surface area contributed by atoms with E-state index in [1.54, 1.807) is 38.1 Å². The summed E-state index contributed by atoms with van der Waals surface area (Å²) in [4.78, 5) is 38.7. The summed E-state index contributed by atoms with van der Waals surface area (Å²) in [5, 5.41) is 23.9. The average molecular weight is 669 g/mol. The second kappa shape index (κ2) is 13.2. The molecule has 4 aromatic rings. The zero-order valence-electron chi connectivity index (χ0n) is 26.3. The number of anilines is 1. The van der Waals surface area contributed by atoms with Crippen molar-refractivity contribution in [1.82, 2.24) is 19.5 Å². The molecule has 0 radical (unpaired) electrons. The van der Waals surface area contributed by atoms with Gasteiger partial charge in [-0.3, -0.25) is 9.09 Å². The van der Waals surface area contributed by atoms with Gasteiger partial charge in [-0.15, -0.1) is 0 Å². The quantitative estimate of drug-likeness (QED) is 0.155. The van der Waals surface area contributed by atoms with E-state index in [1.807, 2.05) is 12.1 Å². The highest BCUT2D eigenvalue weighted by molar-refractivity contribution is 7.34. The lowest BCUT2D eigenvalue weighted by Crippen LogP contribution is -2.44. The Kier molecular flexibility index (Phi) is 9.18. The fraction of sp³-hybridized carbons (Fsp3) is 0.484. The summed E-state index contributed by atoms with van der Waals surface area (Å²) in [6.07, 6.45) is 0.301. The lowest BCUT2D eigenvalue weighted by Gasteiger charge is -2.27. The number of methoxy groups -OCH3 is 1. The number of hydrogen-bond acceptors (Lipinski definition) is 14. The molecule has 6 atom stereocenters. The molecule has 3 heterocycles. The molecule has 1 aliphatic carbocycles. The minimum atomic E-state index is -2.73. The van der Waals surface area contributed by atoms with Gasteiger partial charge >= 0.3 is 14.1 Å². The highest BCUT2D eigenvalue weighted by Crippen LogP contribution is 2.43. The third-order valence-corrected chi connectivity index (χ3v) is 9.23.